The van der Waals surface area contributed by atoms with Crippen LogP contribution in [-0.4, -0.2) is 18.1 Å². The first-order valence-corrected chi connectivity index (χ1v) is 6.27. The first kappa shape index (κ1) is 13.9. The molecule has 2 aromatic rings. The monoisotopic (exact) mass is 271 g/mol. The molecule has 1 amide bonds. The summed E-state index contributed by atoms with van der Waals surface area (Å²) in [7, 11) is 1.52. The molecule has 2 aromatic carbocycles. The number of nitrogens with one attached hydrogen (secondary N) is 1. The zero-order valence-corrected chi connectivity index (χ0v) is 11.7. The molecule has 4 heteroatoms. The molecule has 0 saturated heterocycles. The van der Waals surface area contributed by atoms with Gasteiger partial charge in [-0.3, -0.25) is 4.79 Å². The first-order chi connectivity index (χ1) is 9.51. The van der Waals surface area contributed by atoms with Crippen LogP contribution >= 0.6 is 0 Å². The quantitative estimate of drug-likeness (QED) is 0.842. The summed E-state index contributed by atoms with van der Waals surface area (Å²) in [5, 5.41) is 12.5. The van der Waals surface area contributed by atoms with E-state index in [1.807, 2.05) is 26.0 Å². The van der Waals surface area contributed by atoms with Gasteiger partial charge in [-0.1, -0.05) is 17.7 Å². The van der Waals surface area contributed by atoms with Crippen molar-refractivity contribution < 1.29 is 14.6 Å². The third-order valence-corrected chi connectivity index (χ3v) is 3.00. The van der Waals surface area contributed by atoms with Crippen molar-refractivity contribution in [2.24, 2.45) is 0 Å². The van der Waals surface area contributed by atoms with Crippen molar-refractivity contribution in [2.45, 2.75) is 13.8 Å². The van der Waals surface area contributed by atoms with Crippen LogP contribution in [0.2, 0.25) is 0 Å². The Morgan fingerprint density at radius 2 is 1.75 bits per heavy atom. The van der Waals surface area contributed by atoms with Crippen LogP contribution < -0.4 is 10.1 Å². The van der Waals surface area contributed by atoms with Gasteiger partial charge in [0.25, 0.3) is 5.91 Å². The summed E-state index contributed by atoms with van der Waals surface area (Å²) >= 11 is 0. The van der Waals surface area contributed by atoms with Gasteiger partial charge < -0.3 is 15.2 Å². The van der Waals surface area contributed by atoms with Crippen molar-refractivity contribution in [3.8, 4) is 11.5 Å². The molecular weight excluding hydrogens is 254 g/mol. The number of benzene rings is 2. The first-order valence-electron chi connectivity index (χ1n) is 6.27. The van der Waals surface area contributed by atoms with E-state index in [-0.39, 0.29) is 11.7 Å². The molecule has 104 valence electrons. The minimum absolute atomic E-state index is 0.0463. The normalized spacial score (nSPS) is 10.2. The molecule has 0 aromatic heterocycles. The van der Waals surface area contributed by atoms with E-state index >= 15 is 0 Å². The highest BCUT2D eigenvalue weighted by atomic mass is 16.5. The Labute approximate surface area is 118 Å². The molecule has 4 nitrogen and oxygen atoms in total. The van der Waals surface area contributed by atoms with Gasteiger partial charge >= 0.3 is 0 Å². The molecule has 0 aliphatic heterocycles. The summed E-state index contributed by atoms with van der Waals surface area (Å²) in [4.78, 5) is 12.3. The predicted octanol–water partition coefficient (Wildman–Crippen LogP) is 3.27. The number of carbonyl (C=O) groups is 1. The van der Waals surface area contributed by atoms with E-state index in [0.29, 0.717) is 17.0 Å². The Bertz CT molecular complexity index is 650. The van der Waals surface area contributed by atoms with Crippen molar-refractivity contribution in [1.82, 2.24) is 0 Å². The second kappa shape index (κ2) is 5.65. The highest BCUT2D eigenvalue weighted by Crippen LogP contribution is 2.26. The molecule has 0 heterocycles. The zero-order chi connectivity index (χ0) is 14.7. The van der Waals surface area contributed by atoms with Crippen molar-refractivity contribution in [3.05, 3.63) is 53.1 Å². The van der Waals surface area contributed by atoms with Crippen molar-refractivity contribution in [3.63, 3.8) is 0 Å². The average Bonchev–Trinajstić information content (AvgIpc) is 2.41. The number of hydrogen-bond donors (Lipinski definition) is 2. The fourth-order valence-electron chi connectivity index (χ4n) is 1.94. The van der Waals surface area contributed by atoms with Gasteiger partial charge in [-0.2, -0.15) is 0 Å². The Kier molecular flexibility index (Phi) is 3.94. The lowest BCUT2D eigenvalue weighted by Crippen LogP contribution is -2.13. The van der Waals surface area contributed by atoms with E-state index in [1.54, 1.807) is 24.3 Å². The van der Waals surface area contributed by atoms with Crippen LogP contribution in [0.4, 0.5) is 5.69 Å². The van der Waals surface area contributed by atoms with E-state index in [1.165, 1.54) is 7.11 Å². The van der Waals surface area contributed by atoms with Gasteiger partial charge in [0.1, 0.15) is 11.5 Å². The SMILES string of the molecule is COc1ccc(C)cc1C(=O)Nc1ccc(C)cc1O. The third kappa shape index (κ3) is 2.91. The largest absolute Gasteiger partial charge is 0.506 e. The molecule has 0 atom stereocenters. The molecule has 0 aliphatic carbocycles. The highest BCUT2D eigenvalue weighted by Gasteiger charge is 2.14. The maximum Gasteiger partial charge on any atom is 0.259 e. The Morgan fingerprint density at radius 3 is 2.40 bits per heavy atom. The molecule has 2 N–H and O–H groups in total. The number of hydrogen-bond acceptors (Lipinski definition) is 3. The molecule has 0 radical (unpaired) electrons. The minimum atomic E-state index is -0.315. The van der Waals surface area contributed by atoms with E-state index in [4.69, 9.17) is 4.74 Å². The van der Waals surface area contributed by atoms with Crippen LogP contribution in [0.1, 0.15) is 21.5 Å². The fourth-order valence-corrected chi connectivity index (χ4v) is 1.94. The maximum atomic E-state index is 12.3. The average molecular weight is 271 g/mol. The summed E-state index contributed by atoms with van der Waals surface area (Å²) in [6.07, 6.45) is 0. The standard InChI is InChI=1S/C16H17NO3/c1-10-5-7-15(20-3)12(8-10)16(19)17-13-6-4-11(2)9-14(13)18/h4-9,18H,1-3H3,(H,17,19). The molecule has 0 fully saturated rings. The number of phenols is 1. The number of aryl methyl sites for hydroxylation is 2. The predicted molar refractivity (Wildman–Crippen MR) is 78.5 cm³/mol. The van der Waals surface area contributed by atoms with Gasteiger partial charge in [-0.25, -0.2) is 0 Å². The maximum absolute atomic E-state index is 12.3. The number of rotatable bonds is 3. The van der Waals surface area contributed by atoms with Crippen molar-refractivity contribution >= 4 is 11.6 Å². The second-order valence-corrected chi connectivity index (χ2v) is 4.68. The summed E-state index contributed by atoms with van der Waals surface area (Å²) in [5.41, 5.74) is 2.70. The third-order valence-electron chi connectivity index (χ3n) is 3.00. The van der Waals surface area contributed by atoms with Crippen LogP contribution in [0.5, 0.6) is 11.5 Å². The lowest BCUT2D eigenvalue weighted by Gasteiger charge is -2.11. The Morgan fingerprint density at radius 1 is 1.10 bits per heavy atom. The molecule has 2 rings (SSSR count). The van der Waals surface area contributed by atoms with Crippen molar-refractivity contribution in [2.75, 3.05) is 12.4 Å². The van der Waals surface area contributed by atoms with Gasteiger partial charge in [-0.05, 0) is 43.7 Å². The molecule has 0 saturated carbocycles. The molecule has 0 aliphatic rings. The topological polar surface area (TPSA) is 58.6 Å². The minimum Gasteiger partial charge on any atom is -0.506 e. The van der Waals surface area contributed by atoms with Gasteiger partial charge in [-0.15, -0.1) is 0 Å². The molecule has 0 unspecified atom stereocenters. The highest BCUT2D eigenvalue weighted by molar-refractivity contribution is 6.07. The summed E-state index contributed by atoms with van der Waals surface area (Å²) in [6.45, 7) is 3.77. The molecular formula is C16H17NO3. The number of methoxy groups -OCH3 is 1. The van der Waals surface area contributed by atoms with Crippen molar-refractivity contribution in [1.29, 1.82) is 0 Å². The van der Waals surface area contributed by atoms with Gasteiger partial charge in [0, 0.05) is 0 Å². The summed E-state index contributed by atoms with van der Waals surface area (Å²) in [5.74, 6) is 0.231. The lowest BCUT2D eigenvalue weighted by molar-refractivity contribution is 0.102. The number of carbonyl (C=O) groups excluding carboxylic acids is 1. The second-order valence-electron chi connectivity index (χ2n) is 4.68. The van der Waals surface area contributed by atoms with Crippen LogP contribution in [0.25, 0.3) is 0 Å². The summed E-state index contributed by atoms with van der Waals surface area (Å²) < 4.78 is 5.19. The van der Waals surface area contributed by atoms with Gasteiger partial charge in [0.2, 0.25) is 0 Å². The van der Waals surface area contributed by atoms with Crippen LogP contribution in [0.15, 0.2) is 36.4 Å². The summed E-state index contributed by atoms with van der Waals surface area (Å²) in [6, 6.07) is 10.5. The fraction of sp³-hybridized carbons (Fsp3) is 0.188. The van der Waals surface area contributed by atoms with Gasteiger partial charge in [0.15, 0.2) is 0 Å². The van der Waals surface area contributed by atoms with E-state index < -0.39 is 0 Å². The molecule has 20 heavy (non-hydrogen) atoms. The smallest absolute Gasteiger partial charge is 0.259 e. The number of phenolic OH excluding ortho intramolecular Hbond substituents is 1. The molecule has 0 bridgehead atoms. The van der Waals surface area contributed by atoms with Crippen LogP contribution in [-0.2, 0) is 0 Å². The van der Waals surface area contributed by atoms with Crippen LogP contribution in [0, 0.1) is 13.8 Å². The Balaban J connectivity index is 2.30. The number of amides is 1. The van der Waals surface area contributed by atoms with E-state index in [2.05, 4.69) is 5.32 Å². The molecule has 0 spiro atoms. The number of anilines is 1. The van der Waals surface area contributed by atoms with E-state index in [9.17, 15) is 9.90 Å². The lowest BCUT2D eigenvalue weighted by atomic mass is 10.1. The number of aromatic hydroxyl groups is 1. The zero-order valence-electron chi connectivity index (χ0n) is 11.7. The number of ether oxygens (including phenoxy) is 1. The van der Waals surface area contributed by atoms with Crippen LogP contribution in [0.3, 0.4) is 0 Å². The Hall–Kier alpha value is -2.49. The van der Waals surface area contributed by atoms with E-state index in [0.717, 1.165) is 11.1 Å². The van der Waals surface area contributed by atoms with Gasteiger partial charge in [0.05, 0.1) is 18.4 Å².